The number of amides is 1. The largest absolute Gasteiger partial charge is 0.322 e. The van der Waals surface area contributed by atoms with Gasteiger partial charge in [0, 0.05) is 16.9 Å². The molecular weight excluding hydrogens is 359 g/mol. The van der Waals surface area contributed by atoms with E-state index in [0.29, 0.717) is 15.7 Å². The Morgan fingerprint density at radius 2 is 2.14 bits per heavy atom. The minimum atomic E-state index is -0.438. The highest BCUT2D eigenvalue weighted by atomic mass is 79.9. The summed E-state index contributed by atoms with van der Waals surface area (Å²) in [7, 11) is 0. The third-order valence-corrected chi connectivity index (χ3v) is 3.63. The monoisotopic (exact) mass is 370 g/mol. The molecule has 0 saturated heterocycles. The quantitative estimate of drug-likeness (QED) is 0.781. The number of rotatable bonds is 4. The van der Waals surface area contributed by atoms with Crippen LogP contribution in [-0.2, 0) is 6.42 Å². The van der Waals surface area contributed by atoms with Crippen molar-refractivity contribution < 1.29 is 9.18 Å². The van der Waals surface area contributed by atoms with Crippen LogP contribution in [0.2, 0.25) is 5.15 Å². The van der Waals surface area contributed by atoms with Crippen molar-refractivity contribution in [2.24, 2.45) is 0 Å². The maximum atomic E-state index is 13.4. The number of benzene rings is 1. The van der Waals surface area contributed by atoms with Crippen LogP contribution in [0.15, 0.2) is 34.8 Å². The van der Waals surface area contributed by atoms with E-state index < -0.39 is 5.82 Å². The number of hydrogen-bond donors (Lipinski definition) is 1. The Morgan fingerprint density at radius 1 is 1.38 bits per heavy atom. The lowest BCUT2D eigenvalue weighted by Crippen LogP contribution is -2.13. The number of anilines is 1. The van der Waals surface area contributed by atoms with Crippen LogP contribution in [0.1, 0.15) is 29.4 Å². The molecule has 1 aromatic carbocycles. The summed E-state index contributed by atoms with van der Waals surface area (Å²) in [6.07, 6.45) is 1.65. The molecule has 3 nitrogen and oxygen atoms in total. The van der Waals surface area contributed by atoms with Gasteiger partial charge in [0.25, 0.3) is 5.91 Å². The lowest BCUT2D eigenvalue weighted by atomic mass is 10.1. The predicted molar refractivity (Wildman–Crippen MR) is 85.3 cm³/mol. The Bertz CT molecular complexity index is 679. The molecule has 0 unspecified atom stereocenters. The standard InChI is InChI=1S/C15H13BrClFN2O/c1-2-3-10-6-9(7-14(17)19-10)15(21)20-11-4-5-12(16)13(18)8-11/h4-8H,2-3H2,1H3,(H,20,21). The van der Waals surface area contributed by atoms with Gasteiger partial charge in [0.05, 0.1) is 4.47 Å². The van der Waals surface area contributed by atoms with Gasteiger partial charge in [-0.05, 0) is 52.7 Å². The summed E-state index contributed by atoms with van der Waals surface area (Å²) in [5, 5.41) is 2.91. The van der Waals surface area contributed by atoms with E-state index in [4.69, 9.17) is 11.6 Å². The summed E-state index contributed by atoms with van der Waals surface area (Å²) in [6.45, 7) is 2.02. The number of pyridine rings is 1. The fourth-order valence-corrected chi connectivity index (χ4v) is 2.32. The molecule has 2 aromatic rings. The van der Waals surface area contributed by atoms with Crippen molar-refractivity contribution in [3.63, 3.8) is 0 Å². The van der Waals surface area contributed by atoms with E-state index in [1.807, 2.05) is 6.92 Å². The molecular formula is C15H13BrClFN2O. The third-order valence-electron chi connectivity index (χ3n) is 2.79. The van der Waals surface area contributed by atoms with E-state index >= 15 is 0 Å². The Labute approximate surface area is 135 Å². The van der Waals surface area contributed by atoms with Crippen molar-refractivity contribution in [2.75, 3.05) is 5.32 Å². The van der Waals surface area contributed by atoms with E-state index in [1.165, 1.54) is 18.2 Å². The highest BCUT2D eigenvalue weighted by molar-refractivity contribution is 9.10. The van der Waals surface area contributed by atoms with Gasteiger partial charge in [-0.25, -0.2) is 9.37 Å². The topological polar surface area (TPSA) is 42.0 Å². The number of aromatic nitrogens is 1. The molecule has 0 atom stereocenters. The normalized spacial score (nSPS) is 10.5. The number of nitrogens with one attached hydrogen (secondary N) is 1. The lowest BCUT2D eigenvalue weighted by molar-refractivity contribution is 0.102. The van der Waals surface area contributed by atoms with Gasteiger partial charge < -0.3 is 5.32 Å². The Balaban J connectivity index is 2.21. The van der Waals surface area contributed by atoms with Crippen LogP contribution in [-0.4, -0.2) is 10.9 Å². The van der Waals surface area contributed by atoms with Crippen LogP contribution < -0.4 is 5.32 Å². The van der Waals surface area contributed by atoms with Crippen LogP contribution in [0.3, 0.4) is 0 Å². The predicted octanol–water partition coefficient (Wildman–Crippen LogP) is 4.84. The summed E-state index contributed by atoms with van der Waals surface area (Å²) in [4.78, 5) is 16.3. The SMILES string of the molecule is CCCc1cc(C(=O)Nc2ccc(Br)c(F)c2)cc(Cl)n1. The Kier molecular flexibility index (Phi) is 5.31. The molecule has 0 saturated carbocycles. The number of hydrogen-bond acceptors (Lipinski definition) is 2. The molecule has 1 aromatic heterocycles. The number of carbonyl (C=O) groups excluding carboxylic acids is 1. The molecule has 0 aliphatic rings. The highest BCUT2D eigenvalue weighted by Crippen LogP contribution is 2.20. The van der Waals surface area contributed by atoms with Crippen molar-refractivity contribution in [1.82, 2.24) is 4.98 Å². The first-order valence-electron chi connectivity index (χ1n) is 6.42. The number of aryl methyl sites for hydroxylation is 1. The minimum Gasteiger partial charge on any atom is -0.322 e. The lowest BCUT2D eigenvalue weighted by Gasteiger charge is -2.08. The van der Waals surface area contributed by atoms with Crippen LogP contribution in [0, 0.1) is 5.82 Å². The summed E-state index contributed by atoms with van der Waals surface area (Å²) in [5.74, 6) is -0.786. The van der Waals surface area contributed by atoms with Gasteiger partial charge in [0.1, 0.15) is 11.0 Å². The molecule has 1 amide bonds. The van der Waals surface area contributed by atoms with E-state index in [0.717, 1.165) is 18.5 Å². The molecule has 1 heterocycles. The molecule has 0 fully saturated rings. The number of halogens is 3. The second-order valence-electron chi connectivity index (χ2n) is 4.50. The van der Waals surface area contributed by atoms with E-state index in [-0.39, 0.29) is 11.1 Å². The molecule has 2 rings (SSSR count). The minimum absolute atomic E-state index is 0.271. The zero-order valence-electron chi connectivity index (χ0n) is 11.3. The first-order valence-corrected chi connectivity index (χ1v) is 7.59. The maximum absolute atomic E-state index is 13.4. The van der Waals surface area contributed by atoms with E-state index in [1.54, 1.807) is 12.1 Å². The molecule has 0 radical (unpaired) electrons. The van der Waals surface area contributed by atoms with Crippen LogP contribution in [0.4, 0.5) is 10.1 Å². The molecule has 6 heteroatoms. The van der Waals surface area contributed by atoms with Gasteiger partial charge in [-0.1, -0.05) is 24.9 Å². The summed E-state index contributed by atoms with van der Waals surface area (Å²) in [5.41, 5.74) is 1.55. The van der Waals surface area contributed by atoms with Crippen LogP contribution in [0.25, 0.3) is 0 Å². The van der Waals surface area contributed by atoms with Crippen molar-refractivity contribution in [1.29, 1.82) is 0 Å². The second kappa shape index (κ2) is 7.00. The maximum Gasteiger partial charge on any atom is 0.255 e. The van der Waals surface area contributed by atoms with Gasteiger partial charge >= 0.3 is 0 Å². The van der Waals surface area contributed by atoms with Crippen LogP contribution in [0.5, 0.6) is 0 Å². The van der Waals surface area contributed by atoms with E-state index in [9.17, 15) is 9.18 Å². The first kappa shape index (κ1) is 15.9. The molecule has 21 heavy (non-hydrogen) atoms. The average molecular weight is 372 g/mol. The van der Waals surface area contributed by atoms with Gasteiger partial charge in [0.2, 0.25) is 0 Å². The fraction of sp³-hybridized carbons (Fsp3) is 0.200. The Morgan fingerprint density at radius 3 is 2.81 bits per heavy atom. The summed E-state index contributed by atoms with van der Waals surface area (Å²) in [6, 6.07) is 7.58. The number of carbonyl (C=O) groups is 1. The molecule has 0 bridgehead atoms. The second-order valence-corrected chi connectivity index (χ2v) is 5.74. The fourth-order valence-electron chi connectivity index (χ4n) is 1.84. The molecule has 110 valence electrons. The van der Waals surface area contributed by atoms with Gasteiger partial charge in [-0.2, -0.15) is 0 Å². The first-order chi connectivity index (χ1) is 9.99. The molecule has 0 aliphatic carbocycles. The van der Waals surface area contributed by atoms with Crippen molar-refractivity contribution >= 4 is 39.1 Å². The highest BCUT2D eigenvalue weighted by Gasteiger charge is 2.10. The van der Waals surface area contributed by atoms with Gasteiger partial charge in [-0.15, -0.1) is 0 Å². The Hall–Kier alpha value is -1.46. The van der Waals surface area contributed by atoms with Crippen molar-refractivity contribution in [3.05, 3.63) is 57.0 Å². The smallest absolute Gasteiger partial charge is 0.255 e. The third kappa shape index (κ3) is 4.25. The van der Waals surface area contributed by atoms with Gasteiger partial charge in [0.15, 0.2) is 0 Å². The van der Waals surface area contributed by atoms with E-state index in [2.05, 4.69) is 26.2 Å². The zero-order chi connectivity index (χ0) is 15.4. The summed E-state index contributed by atoms with van der Waals surface area (Å²) < 4.78 is 13.8. The van der Waals surface area contributed by atoms with Crippen molar-refractivity contribution in [2.45, 2.75) is 19.8 Å². The average Bonchev–Trinajstić information content (AvgIpc) is 2.42. The molecule has 0 aliphatic heterocycles. The summed E-state index contributed by atoms with van der Waals surface area (Å²) >= 11 is 8.98. The molecule has 1 N–H and O–H groups in total. The van der Waals surface area contributed by atoms with Crippen molar-refractivity contribution in [3.8, 4) is 0 Å². The van der Waals surface area contributed by atoms with Crippen LogP contribution >= 0.6 is 27.5 Å². The number of nitrogens with zero attached hydrogens (tertiary/aromatic N) is 1. The zero-order valence-corrected chi connectivity index (χ0v) is 13.6. The van der Waals surface area contributed by atoms with Gasteiger partial charge in [-0.3, -0.25) is 4.79 Å². The molecule has 0 spiro atoms.